The van der Waals surface area contributed by atoms with Crippen LogP contribution in [0.1, 0.15) is 0 Å². The molecule has 9 heteroatoms. The van der Waals surface area contributed by atoms with Crippen LogP contribution in [-0.2, 0) is 14.6 Å². The van der Waals surface area contributed by atoms with E-state index in [0.717, 1.165) is 0 Å². The Morgan fingerprint density at radius 3 is 2.67 bits per heavy atom. The number of benzene rings is 2. The van der Waals surface area contributed by atoms with Gasteiger partial charge in [0, 0.05) is 5.02 Å². The number of hydrogen-bond donors (Lipinski definition) is 2. The molecule has 0 atom stereocenters. The third-order valence-electron chi connectivity index (χ3n) is 3.19. The average Bonchev–Trinajstić information content (AvgIpc) is 2.95. The molecule has 3 aromatic rings. The summed E-state index contributed by atoms with van der Waals surface area (Å²) in [6.07, 6.45) is 0. The summed E-state index contributed by atoms with van der Waals surface area (Å²) >= 11 is 11.8. The van der Waals surface area contributed by atoms with Gasteiger partial charge in [0.2, 0.25) is 20.9 Å². The van der Waals surface area contributed by atoms with Crippen LogP contribution in [-0.4, -0.2) is 30.0 Å². The van der Waals surface area contributed by atoms with Gasteiger partial charge in [0.05, 0.1) is 21.7 Å². The lowest BCUT2D eigenvalue weighted by Crippen LogP contribution is -2.23. The first kappa shape index (κ1) is 16.8. The van der Waals surface area contributed by atoms with Gasteiger partial charge in [-0.1, -0.05) is 35.3 Å². The Morgan fingerprint density at radius 1 is 1.17 bits per heavy atom. The van der Waals surface area contributed by atoms with Crippen molar-refractivity contribution in [2.24, 2.45) is 0 Å². The molecule has 2 N–H and O–H groups in total. The molecule has 3 rings (SSSR count). The van der Waals surface area contributed by atoms with Crippen LogP contribution in [0.15, 0.2) is 47.6 Å². The van der Waals surface area contributed by atoms with E-state index in [-0.39, 0.29) is 15.9 Å². The van der Waals surface area contributed by atoms with Crippen LogP contribution in [0.3, 0.4) is 0 Å². The number of fused-ring (bicyclic) bond motifs is 1. The van der Waals surface area contributed by atoms with Crippen molar-refractivity contribution in [2.45, 2.75) is 5.16 Å². The second-order valence-electron chi connectivity index (χ2n) is 4.99. The lowest BCUT2D eigenvalue weighted by atomic mass is 10.3. The standard InChI is InChI=1S/C15H11Cl2N3O3S/c16-9-5-6-10(17)13(7-9)18-14(21)8-24(22,23)15-19-11-3-1-2-4-12(11)20-15/h1-7H,8H2,(H,18,21)(H,19,20). The van der Waals surface area contributed by atoms with Crippen molar-refractivity contribution < 1.29 is 13.2 Å². The van der Waals surface area contributed by atoms with Gasteiger partial charge in [0.15, 0.2) is 0 Å². The van der Waals surface area contributed by atoms with Crippen molar-refractivity contribution in [2.75, 3.05) is 11.1 Å². The summed E-state index contributed by atoms with van der Waals surface area (Å²) in [5.74, 6) is -1.50. The maximum atomic E-state index is 12.3. The third kappa shape index (κ3) is 3.53. The average molecular weight is 384 g/mol. The van der Waals surface area contributed by atoms with Crippen LogP contribution in [0.2, 0.25) is 10.0 Å². The summed E-state index contributed by atoms with van der Waals surface area (Å²) in [6.45, 7) is 0. The fourth-order valence-electron chi connectivity index (χ4n) is 2.10. The Bertz CT molecular complexity index is 998. The largest absolute Gasteiger partial charge is 0.329 e. The Kier molecular flexibility index (Phi) is 4.49. The number of sulfone groups is 1. The summed E-state index contributed by atoms with van der Waals surface area (Å²) in [7, 11) is -3.92. The van der Waals surface area contributed by atoms with E-state index in [2.05, 4.69) is 15.3 Å². The molecule has 0 unspecified atom stereocenters. The summed E-state index contributed by atoms with van der Waals surface area (Å²) in [5.41, 5.74) is 1.33. The molecule has 1 aromatic heterocycles. The third-order valence-corrected chi connectivity index (χ3v) is 5.18. The maximum Gasteiger partial charge on any atom is 0.240 e. The predicted molar refractivity (Wildman–Crippen MR) is 93.2 cm³/mol. The highest BCUT2D eigenvalue weighted by Crippen LogP contribution is 2.25. The number of carbonyl (C=O) groups is 1. The Hall–Kier alpha value is -2.09. The lowest BCUT2D eigenvalue weighted by molar-refractivity contribution is -0.113. The van der Waals surface area contributed by atoms with Gasteiger partial charge >= 0.3 is 0 Å². The number of para-hydroxylation sites is 2. The Labute approximate surface area is 147 Å². The summed E-state index contributed by atoms with van der Waals surface area (Å²) < 4.78 is 24.7. The Balaban J connectivity index is 1.81. The number of H-pyrrole nitrogens is 1. The van der Waals surface area contributed by atoms with Crippen LogP contribution in [0, 0.1) is 0 Å². The molecule has 0 aliphatic rings. The molecule has 1 amide bonds. The maximum absolute atomic E-state index is 12.3. The molecule has 0 spiro atoms. The van der Waals surface area contributed by atoms with Gasteiger partial charge in [-0.25, -0.2) is 13.4 Å². The monoisotopic (exact) mass is 383 g/mol. The molecule has 1 heterocycles. The summed E-state index contributed by atoms with van der Waals surface area (Å²) in [6, 6.07) is 11.4. The van der Waals surface area contributed by atoms with Crippen molar-refractivity contribution in [3.63, 3.8) is 0 Å². The summed E-state index contributed by atoms with van der Waals surface area (Å²) in [5, 5.41) is 2.81. The molecule has 124 valence electrons. The van der Waals surface area contributed by atoms with E-state index in [1.807, 2.05) is 0 Å². The molecule has 0 saturated carbocycles. The number of hydrogen-bond acceptors (Lipinski definition) is 4. The van der Waals surface area contributed by atoms with Crippen LogP contribution in [0.25, 0.3) is 11.0 Å². The summed E-state index contributed by atoms with van der Waals surface area (Å²) in [4.78, 5) is 18.8. The molecule has 0 aliphatic heterocycles. The first-order valence-electron chi connectivity index (χ1n) is 6.77. The minimum Gasteiger partial charge on any atom is -0.329 e. The van der Waals surface area contributed by atoms with Crippen molar-refractivity contribution in [3.05, 3.63) is 52.5 Å². The fraction of sp³-hybridized carbons (Fsp3) is 0.0667. The van der Waals surface area contributed by atoms with E-state index >= 15 is 0 Å². The van der Waals surface area contributed by atoms with Crippen LogP contribution < -0.4 is 5.32 Å². The number of anilines is 1. The number of halogens is 2. The quantitative estimate of drug-likeness (QED) is 0.722. The van der Waals surface area contributed by atoms with Crippen molar-refractivity contribution >= 4 is 55.7 Å². The van der Waals surface area contributed by atoms with E-state index in [1.54, 1.807) is 30.3 Å². The van der Waals surface area contributed by atoms with Gasteiger partial charge < -0.3 is 10.3 Å². The highest BCUT2D eigenvalue weighted by atomic mass is 35.5. The number of rotatable bonds is 4. The first-order chi connectivity index (χ1) is 11.3. The number of nitrogens with zero attached hydrogens (tertiary/aromatic N) is 1. The van der Waals surface area contributed by atoms with Crippen LogP contribution >= 0.6 is 23.2 Å². The van der Waals surface area contributed by atoms with Gasteiger partial charge in [0.1, 0.15) is 5.75 Å². The zero-order valence-electron chi connectivity index (χ0n) is 12.1. The number of carbonyl (C=O) groups excluding carboxylic acids is 1. The predicted octanol–water partition coefficient (Wildman–Crippen LogP) is 3.28. The van der Waals surface area contributed by atoms with Gasteiger partial charge in [-0.15, -0.1) is 0 Å². The number of nitrogens with one attached hydrogen (secondary N) is 2. The normalized spacial score (nSPS) is 11.6. The van der Waals surface area contributed by atoms with Gasteiger partial charge in [-0.2, -0.15) is 0 Å². The zero-order valence-corrected chi connectivity index (χ0v) is 14.4. The lowest BCUT2D eigenvalue weighted by Gasteiger charge is -2.07. The van der Waals surface area contributed by atoms with E-state index in [0.29, 0.717) is 16.1 Å². The molecule has 6 nitrogen and oxygen atoms in total. The number of aromatic nitrogens is 2. The minimum absolute atomic E-state index is 0.244. The molecule has 2 aromatic carbocycles. The number of amides is 1. The second kappa shape index (κ2) is 6.43. The molecule has 0 saturated heterocycles. The van der Waals surface area contributed by atoms with Crippen molar-refractivity contribution in [3.8, 4) is 0 Å². The molecule has 24 heavy (non-hydrogen) atoms. The van der Waals surface area contributed by atoms with Crippen molar-refractivity contribution in [1.29, 1.82) is 0 Å². The van der Waals surface area contributed by atoms with Gasteiger partial charge in [0.25, 0.3) is 0 Å². The van der Waals surface area contributed by atoms with E-state index in [1.165, 1.54) is 12.1 Å². The molecule has 0 radical (unpaired) electrons. The zero-order chi connectivity index (χ0) is 17.3. The first-order valence-corrected chi connectivity index (χ1v) is 9.18. The molecule has 0 bridgehead atoms. The minimum atomic E-state index is -3.92. The molecular weight excluding hydrogens is 373 g/mol. The van der Waals surface area contributed by atoms with Gasteiger partial charge in [-0.05, 0) is 30.3 Å². The van der Waals surface area contributed by atoms with E-state index in [9.17, 15) is 13.2 Å². The highest BCUT2D eigenvalue weighted by Gasteiger charge is 2.23. The number of aromatic amines is 1. The number of imidazole rings is 1. The fourth-order valence-corrected chi connectivity index (χ4v) is 3.49. The van der Waals surface area contributed by atoms with Crippen molar-refractivity contribution in [1.82, 2.24) is 9.97 Å². The molecular formula is C15H11Cl2N3O3S. The van der Waals surface area contributed by atoms with E-state index < -0.39 is 21.5 Å². The Morgan fingerprint density at radius 2 is 1.92 bits per heavy atom. The second-order valence-corrected chi connectivity index (χ2v) is 7.74. The SMILES string of the molecule is O=C(CS(=O)(=O)c1nc2ccccc2[nH]1)Nc1cc(Cl)ccc1Cl. The smallest absolute Gasteiger partial charge is 0.240 e. The van der Waals surface area contributed by atoms with Gasteiger partial charge in [-0.3, -0.25) is 4.79 Å². The highest BCUT2D eigenvalue weighted by molar-refractivity contribution is 7.92. The van der Waals surface area contributed by atoms with E-state index in [4.69, 9.17) is 23.2 Å². The van der Waals surface area contributed by atoms with Crippen LogP contribution in [0.5, 0.6) is 0 Å². The van der Waals surface area contributed by atoms with Crippen LogP contribution in [0.4, 0.5) is 5.69 Å². The molecule has 0 fully saturated rings. The molecule has 0 aliphatic carbocycles. The topological polar surface area (TPSA) is 91.9 Å².